The van der Waals surface area contributed by atoms with Crippen molar-refractivity contribution in [1.82, 2.24) is 15.5 Å². The minimum absolute atomic E-state index is 0. The van der Waals surface area contributed by atoms with E-state index in [2.05, 4.69) is 15.5 Å². The summed E-state index contributed by atoms with van der Waals surface area (Å²) in [5.74, 6) is 0.885. The van der Waals surface area contributed by atoms with Gasteiger partial charge in [0.25, 0.3) is 0 Å². The molecule has 2 N–H and O–H groups in total. The average molecular weight is 338 g/mol. The number of fused-ring (bicyclic) bond motifs is 2. The van der Waals surface area contributed by atoms with Crippen LogP contribution in [0.4, 0.5) is 0 Å². The molecule has 0 aromatic carbocycles. The van der Waals surface area contributed by atoms with E-state index < -0.39 is 0 Å². The van der Waals surface area contributed by atoms with Crippen LogP contribution in [0.5, 0.6) is 0 Å². The molecule has 3 aliphatic heterocycles. The Hall–Kier alpha value is -0.0300. The third-order valence-corrected chi connectivity index (χ3v) is 4.99. The van der Waals surface area contributed by atoms with Crippen molar-refractivity contribution in [1.29, 1.82) is 0 Å². The number of nitrogens with one attached hydrogen (secondary N) is 2. The maximum atomic E-state index is 12.0. The van der Waals surface area contributed by atoms with Gasteiger partial charge in [0.15, 0.2) is 0 Å². The predicted octanol–water partition coefficient (Wildman–Crippen LogP) is 1.96. The molecule has 0 aromatic heterocycles. The van der Waals surface area contributed by atoms with Crippen LogP contribution in [-0.4, -0.2) is 49.1 Å². The number of hydrogen-bond donors (Lipinski definition) is 2. The average Bonchev–Trinajstić information content (AvgIpc) is 2.99. The van der Waals surface area contributed by atoms with Crippen molar-refractivity contribution in [2.24, 2.45) is 5.92 Å². The Kier molecular flexibility index (Phi) is 8.32. The van der Waals surface area contributed by atoms with E-state index in [9.17, 15) is 4.79 Å². The molecule has 21 heavy (non-hydrogen) atoms. The fourth-order valence-corrected chi connectivity index (χ4v) is 4.04. The number of rotatable bonds is 5. The first kappa shape index (κ1) is 19.0. The summed E-state index contributed by atoms with van der Waals surface area (Å²) in [4.78, 5) is 14.4. The van der Waals surface area contributed by atoms with Gasteiger partial charge < -0.3 is 15.5 Å². The lowest BCUT2D eigenvalue weighted by atomic mass is 9.89. The summed E-state index contributed by atoms with van der Waals surface area (Å²) in [5.41, 5.74) is 0. The third-order valence-electron chi connectivity index (χ3n) is 4.99. The van der Waals surface area contributed by atoms with Crippen LogP contribution in [-0.2, 0) is 4.79 Å². The molecule has 6 heteroatoms. The van der Waals surface area contributed by atoms with E-state index in [4.69, 9.17) is 0 Å². The van der Waals surface area contributed by atoms with Gasteiger partial charge in [0.1, 0.15) is 0 Å². The lowest BCUT2D eigenvalue weighted by molar-refractivity contribution is -0.122. The van der Waals surface area contributed by atoms with Crippen molar-refractivity contribution in [2.75, 3.05) is 26.2 Å². The van der Waals surface area contributed by atoms with Gasteiger partial charge in [-0.3, -0.25) is 4.79 Å². The molecule has 4 nitrogen and oxygen atoms in total. The summed E-state index contributed by atoms with van der Waals surface area (Å²) in [6.45, 7) is 4.29. The zero-order valence-corrected chi connectivity index (χ0v) is 14.3. The van der Waals surface area contributed by atoms with Gasteiger partial charge in [-0.1, -0.05) is 0 Å². The predicted molar refractivity (Wildman–Crippen MR) is 90.5 cm³/mol. The zero-order chi connectivity index (χ0) is 13.1. The molecule has 3 aliphatic rings. The Morgan fingerprint density at radius 3 is 2.33 bits per heavy atom. The lowest BCUT2D eigenvalue weighted by Crippen LogP contribution is -2.40. The van der Waals surface area contributed by atoms with Crippen molar-refractivity contribution < 1.29 is 4.79 Å². The van der Waals surface area contributed by atoms with E-state index in [0.29, 0.717) is 18.0 Å². The van der Waals surface area contributed by atoms with E-state index in [-0.39, 0.29) is 30.7 Å². The molecular formula is C15H29Cl2N3O. The van der Waals surface area contributed by atoms with Crippen LogP contribution in [0.3, 0.4) is 0 Å². The smallest absolute Gasteiger partial charge is 0.220 e. The SMILES string of the molecule is Cl.Cl.O=C(CC1CC2CCC(C1)N2)NCCN1CCCC1. The number of hydrogen-bond acceptors (Lipinski definition) is 3. The van der Waals surface area contributed by atoms with Crippen molar-refractivity contribution in [2.45, 2.75) is 57.0 Å². The second-order valence-corrected chi connectivity index (χ2v) is 6.58. The maximum Gasteiger partial charge on any atom is 0.220 e. The van der Waals surface area contributed by atoms with Gasteiger partial charge in [-0.2, -0.15) is 0 Å². The number of likely N-dealkylation sites (tertiary alicyclic amines) is 1. The first-order valence-electron chi connectivity index (χ1n) is 8.05. The molecule has 3 heterocycles. The monoisotopic (exact) mass is 337 g/mol. The largest absolute Gasteiger partial charge is 0.355 e. The molecule has 0 spiro atoms. The highest BCUT2D eigenvalue weighted by atomic mass is 35.5. The van der Waals surface area contributed by atoms with Gasteiger partial charge in [0.05, 0.1) is 0 Å². The molecule has 3 rings (SSSR count). The minimum atomic E-state index is 0. The first-order chi connectivity index (χ1) is 9.29. The van der Waals surface area contributed by atoms with E-state index in [1.165, 1.54) is 51.6 Å². The van der Waals surface area contributed by atoms with Crippen molar-refractivity contribution >= 4 is 30.7 Å². The molecule has 2 bridgehead atoms. The molecular weight excluding hydrogens is 309 g/mol. The highest BCUT2D eigenvalue weighted by Crippen LogP contribution is 2.32. The zero-order valence-electron chi connectivity index (χ0n) is 12.7. The molecule has 2 unspecified atom stereocenters. The first-order valence-corrected chi connectivity index (χ1v) is 8.05. The fraction of sp³-hybridized carbons (Fsp3) is 0.933. The second kappa shape index (κ2) is 9.19. The number of amides is 1. The standard InChI is InChI=1S/C15H27N3O.2ClH/c19-15(16-5-8-18-6-1-2-7-18)11-12-9-13-3-4-14(10-12)17-13;;/h12-14,17H,1-11H2,(H,16,19);2*1H. The van der Waals surface area contributed by atoms with Crippen molar-refractivity contribution in [3.05, 3.63) is 0 Å². The maximum absolute atomic E-state index is 12.0. The molecule has 0 saturated carbocycles. The normalized spacial score (nSPS) is 31.3. The highest BCUT2D eigenvalue weighted by Gasteiger charge is 2.34. The van der Waals surface area contributed by atoms with Gasteiger partial charge in [-0.25, -0.2) is 0 Å². The van der Waals surface area contributed by atoms with E-state index in [1.807, 2.05) is 0 Å². The summed E-state index contributed by atoms with van der Waals surface area (Å²) in [6.07, 6.45) is 8.44. The Labute approximate surface area is 140 Å². The van der Waals surface area contributed by atoms with E-state index >= 15 is 0 Å². The van der Waals surface area contributed by atoms with Crippen LogP contribution < -0.4 is 10.6 Å². The summed E-state index contributed by atoms with van der Waals surface area (Å²) in [7, 11) is 0. The molecule has 0 aliphatic carbocycles. The van der Waals surface area contributed by atoms with E-state index in [1.54, 1.807) is 0 Å². The van der Waals surface area contributed by atoms with Crippen LogP contribution in [0, 0.1) is 5.92 Å². The molecule has 0 radical (unpaired) electrons. The van der Waals surface area contributed by atoms with Gasteiger partial charge in [0, 0.05) is 31.6 Å². The van der Waals surface area contributed by atoms with Crippen LogP contribution in [0.1, 0.15) is 44.9 Å². The van der Waals surface area contributed by atoms with Crippen LogP contribution in [0.15, 0.2) is 0 Å². The Morgan fingerprint density at radius 1 is 1.10 bits per heavy atom. The Bertz CT molecular complexity index is 312. The number of piperidine rings is 1. The topological polar surface area (TPSA) is 44.4 Å². The number of carbonyl (C=O) groups is 1. The summed E-state index contributed by atoms with van der Waals surface area (Å²) in [5, 5.41) is 6.74. The lowest BCUT2D eigenvalue weighted by Gasteiger charge is -2.28. The fourth-order valence-electron chi connectivity index (χ4n) is 4.04. The second-order valence-electron chi connectivity index (χ2n) is 6.58. The summed E-state index contributed by atoms with van der Waals surface area (Å²) >= 11 is 0. The van der Waals surface area contributed by atoms with Crippen molar-refractivity contribution in [3.63, 3.8) is 0 Å². The number of halogens is 2. The molecule has 1 amide bonds. The number of nitrogens with zero attached hydrogens (tertiary/aromatic N) is 1. The van der Waals surface area contributed by atoms with Gasteiger partial charge in [-0.15, -0.1) is 24.8 Å². The van der Waals surface area contributed by atoms with Gasteiger partial charge >= 0.3 is 0 Å². The van der Waals surface area contributed by atoms with E-state index in [0.717, 1.165) is 19.5 Å². The Balaban J connectivity index is 0.00000110. The highest BCUT2D eigenvalue weighted by molar-refractivity contribution is 5.85. The van der Waals surface area contributed by atoms with Crippen molar-refractivity contribution in [3.8, 4) is 0 Å². The van der Waals surface area contributed by atoms with Crippen LogP contribution in [0.2, 0.25) is 0 Å². The third kappa shape index (κ3) is 5.59. The van der Waals surface area contributed by atoms with Crippen LogP contribution in [0.25, 0.3) is 0 Å². The molecule has 2 atom stereocenters. The van der Waals surface area contributed by atoms with Gasteiger partial charge in [0.2, 0.25) is 5.91 Å². The van der Waals surface area contributed by atoms with Crippen LogP contribution >= 0.6 is 24.8 Å². The summed E-state index contributed by atoms with van der Waals surface area (Å²) in [6, 6.07) is 1.39. The molecule has 3 saturated heterocycles. The molecule has 3 fully saturated rings. The summed E-state index contributed by atoms with van der Waals surface area (Å²) < 4.78 is 0. The number of carbonyl (C=O) groups excluding carboxylic acids is 1. The van der Waals surface area contributed by atoms with Gasteiger partial charge in [-0.05, 0) is 57.5 Å². The Morgan fingerprint density at radius 2 is 1.71 bits per heavy atom. The molecule has 0 aromatic rings. The molecule has 124 valence electrons. The quantitative estimate of drug-likeness (QED) is 0.806. The minimum Gasteiger partial charge on any atom is -0.355 e.